The van der Waals surface area contributed by atoms with Crippen LogP contribution in [0.5, 0.6) is 0 Å². The zero-order valence-corrected chi connectivity index (χ0v) is 14.7. The van der Waals surface area contributed by atoms with E-state index in [1.807, 2.05) is 0 Å². The Kier molecular flexibility index (Phi) is 5.43. The molecule has 3 atom stereocenters. The number of sulfone groups is 1. The number of rotatable bonds is 4. The number of halogens is 2. The van der Waals surface area contributed by atoms with Crippen molar-refractivity contribution in [2.75, 3.05) is 13.3 Å². The van der Waals surface area contributed by atoms with Gasteiger partial charge < -0.3 is 5.32 Å². The fraction of sp³-hybridized carbons (Fsp3) is 0.600. The van der Waals surface area contributed by atoms with Crippen molar-refractivity contribution in [2.24, 2.45) is 5.92 Å². The molecule has 0 aromatic heterocycles. The summed E-state index contributed by atoms with van der Waals surface area (Å²) >= 11 is 3.37. The predicted molar refractivity (Wildman–Crippen MR) is 86.5 cm³/mol. The molecule has 1 N–H and O–H groups in total. The Labute approximate surface area is 134 Å². The van der Waals surface area contributed by atoms with Crippen molar-refractivity contribution >= 4 is 25.8 Å². The summed E-state index contributed by atoms with van der Waals surface area (Å²) in [6, 6.07) is 4.74. The van der Waals surface area contributed by atoms with Crippen LogP contribution < -0.4 is 5.32 Å². The highest BCUT2D eigenvalue weighted by atomic mass is 79.9. The van der Waals surface area contributed by atoms with Crippen LogP contribution in [-0.2, 0) is 9.84 Å². The van der Waals surface area contributed by atoms with Gasteiger partial charge in [-0.1, -0.05) is 22.4 Å². The molecular formula is C15H21BrFNO2S. The quantitative estimate of drug-likeness (QED) is 0.873. The second-order valence-corrected chi connectivity index (χ2v) is 9.05. The van der Waals surface area contributed by atoms with E-state index in [1.54, 1.807) is 19.2 Å². The third kappa shape index (κ3) is 4.05. The van der Waals surface area contributed by atoms with Crippen molar-refractivity contribution < 1.29 is 12.8 Å². The molecule has 0 radical (unpaired) electrons. The number of hydrogen-bond donors (Lipinski definition) is 1. The topological polar surface area (TPSA) is 46.2 Å². The van der Waals surface area contributed by atoms with Gasteiger partial charge in [-0.15, -0.1) is 0 Å². The Morgan fingerprint density at radius 2 is 2.10 bits per heavy atom. The molecular weight excluding hydrogens is 357 g/mol. The van der Waals surface area contributed by atoms with E-state index in [9.17, 15) is 12.8 Å². The lowest BCUT2D eigenvalue weighted by Gasteiger charge is -2.34. The molecule has 0 bridgehead atoms. The van der Waals surface area contributed by atoms with Crippen LogP contribution in [0.25, 0.3) is 0 Å². The van der Waals surface area contributed by atoms with Crippen LogP contribution >= 0.6 is 15.9 Å². The average Bonchev–Trinajstić information content (AvgIpc) is 2.43. The molecule has 0 amide bonds. The van der Waals surface area contributed by atoms with Crippen LogP contribution in [0.1, 0.15) is 37.3 Å². The molecule has 0 aliphatic heterocycles. The molecule has 3 unspecified atom stereocenters. The second kappa shape index (κ2) is 6.75. The van der Waals surface area contributed by atoms with Crippen LogP contribution in [0.3, 0.4) is 0 Å². The molecule has 21 heavy (non-hydrogen) atoms. The van der Waals surface area contributed by atoms with Crippen molar-refractivity contribution in [3.63, 3.8) is 0 Å². The summed E-state index contributed by atoms with van der Waals surface area (Å²) in [6.07, 6.45) is 4.40. The molecule has 1 saturated carbocycles. The van der Waals surface area contributed by atoms with Crippen molar-refractivity contribution in [1.29, 1.82) is 0 Å². The van der Waals surface area contributed by atoms with Crippen molar-refractivity contribution in [2.45, 2.75) is 37.0 Å². The molecule has 0 heterocycles. The van der Waals surface area contributed by atoms with E-state index in [0.29, 0.717) is 18.4 Å². The van der Waals surface area contributed by atoms with Gasteiger partial charge in [0.15, 0.2) is 0 Å². The summed E-state index contributed by atoms with van der Waals surface area (Å²) in [5.41, 5.74) is 0.603. The van der Waals surface area contributed by atoms with Crippen molar-refractivity contribution in [3.8, 4) is 0 Å². The maximum atomic E-state index is 14.1. The van der Waals surface area contributed by atoms with Gasteiger partial charge in [0.2, 0.25) is 0 Å². The van der Waals surface area contributed by atoms with E-state index in [2.05, 4.69) is 21.2 Å². The van der Waals surface area contributed by atoms with Gasteiger partial charge in [-0.05, 0) is 50.4 Å². The van der Waals surface area contributed by atoms with E-state index >= 15 is 0 Å². The standard InChI is InChI=1S/C15H21BrFNO2S/c1-18-15(13-9-11(16)6-7-14(13)17)10-4-3-5-12(8-10)21(2,19)20/h6-7,9-10,12,15,18H,3-5,8H2,1-2H3. The summed E-state index contributed by atoms with van der Waals surface area (Å²) in [6.45, 7) is 0. The minimum Gasteiger partial charge on any atom is -0.313 e. The summed E-state index contributed by atoms with van der Waals surface area (Å²) in [7, 11) is -1.23. The summed E-state index contributed by atoms with van der Waals surface area (Å²) in [5, 5.41) is 2.87. The fourth-order valence-electron chi connectivity index (χ4n) is 3.27. The first-order valence-corrected chi connectivity index (χ1v) is 9.88. The molecule has 2 rings (SSSR count). The molecule has 1 aliphatic carbocycles. The minimum atomic E-state index is -3.03. The molecule has 1 aliphatic rings. The molecule has 0 saturated heterocycles. The van der Waals surface area contributed by atoms with Crippen LogP contribution in [0.15, 0.2) is 22.7 Å². The van der Waals surface area contributed by atoms with Gasteiger partial charge in [0.05, 0.1) is 5.25 Å². The average molecular weight is 378 g/mol. The van der Waals surface area contributed by atoms with E-state index in [4.69, 9.17) is 0 Å². The minimum absolute atomic E-state index is 0.132. The van der Waals surface area contributed by atoms with Crippen LogP contribution in [0, 0.1) is 11.7 Å². The number of hydrogen-bond acceptors (Lipinski definition) is 3. The van der Waals surface area contributed by atoms with Gasteiger partial charge >= 0.3 is 0 Å². The van der Waals surface area contributed by atoms with Crippen molar-refractivity contribution in [3.05, 3.63) is 34.1 Å². The van der Waals surface area contributed by atoms with Gasteiger partial charge in [-0.2, -0.15) is 0 Å². The highest BCUT2D eigenvalue weighted by molar-refractivity contribution is 9.10. The summed E-state index contributed by atoms with van der Waals surface area (Å²) in [5.74, 6) is -0.119. The Balaban J connectivity index is 2.27. The lowest BCUT2D eigenvalue weighted by atomic mass is 9.81. The molecule has 1 aromatic carbocycles. The van der Waals surface area contributed by atoms with Gasteiger partial charge in [0.25, 0.3) is 0 Å². The Morgan fingerprint density at radius 1 is 1.38 bits per heavy atom. The molecule has 6 heteroatoms. The van der Waals surface area contributed by atoms with E-state index in [1.165, 1.54) is 12.3 Å². The van der Waals surface area contributed by atoms with Gasteiger partial charge in [0.1, 0.15) is 15.7 Å². The predicted octanol–water partition coefficient (Wildman–Crippen LogP) is 3.45. The summed E-state index contributed by atoms with van der Waals surface area (Å²) < 4.78 is 38.5. The number of benzene rings is 1. The lowest BCUT2D eigenvalue weighted by Crippen LogP contribution is -2.34. The van der Waals surface area contributed by atoms with Gasteiger partial charge in [-0.3, -0.25) is 0 Å². The Bertz CT molecular complexity index is 606. The third-order valence-electron chi connectivity index (χ3n) is 4.35. The van der Waals surface area contributed by atoms with Gasteiger partial charge in [0, 0.05) is 22.3 Å². The maximum Gasteiger partial charge on any atom is 0.150 e. The van der Waals surface area contributed by atoms with E-state index in [-0.39, 0.29) is 23.0 Å². The Morgan fingerprint density at radius 3 is 2.71 bits per heavy atom. The second-order valence-electron chi connectivity index (χ2n) is 5.81. The first kappa shape index (κ1) is 16.9. The van der Waals surface area contributed by atoms with Crippen molar-refractivity contribution in [1.82, 2.24) is 5.32 Å². The zero-order valence-electron chi connectivity index (χ0n) is 12.3. The molecule has 0 spiro atoms. The van der Waals surface area contributed by atoms with Crippen LogP contribution in [0.2, 0.25) is 0 Å². The largest absolute Gasteiger partial charge is 0.313 e. The fourth-order valence-corrected chi connectivity index (χ4v) is 4.84. The summed E-state index contributed by atoms with van der Waals surface area (Å²) in [4.78, 5) is 0. The first-order valence-electron chi connectivity index (χ1n) is 7.14. The normalized spacial score (nSPS) is 24.8. The zero-order chi connectivity index (χ0) is 15.6. The van der Waals surface area contributed by atoms with Gasteiger partial charge in [-0.25, -0.2) is 12.8 Å². The van der Waals surface area contributed by atoms with E-state index in [0.717, 1.165) is 17.3 Å². The maximum absolute atomic E-state index is 14.1. The third-order valence-corrected chi connectivity index (χ3v) is 6.48. The molecule has 1 fully saturated rings. The molecule has 3 nitrogen and oxygen atoms in total. The first-order chi connectivity index (χ1) is 9.82. The highest BCUT2D eigenvalue weighted by Gasteiger charge is 2.34. The Hall–Kier alpha value is -0.460. The van der Waals surface area contributed by atoms with Crippen LogP contribution in [-0.4, -0.2) is 27.0 Å². The lowest BCUT2D eigenvalue weighted by molar-refractivity contribution is 0.278. The van der Waals surface area contributed by atoms with Crippen LogP contribution in [0.4, 0.5) is 4.39 Å². The molecule has 118 valence electrons. The SMILES string of the molecule is CNC(c1cc(Br)ccc1F)C1CCCC(S(C)(=O)=O)C1. The monoisotopic (exact) mass is 377 g/mol. The molecule has 1 aromatic rings. The highest BCUT2D eigenvalue weighted by Crippen LogP contribution is 2.38. The smallest absolute Gasteiger partial charge is 0.150 e. The van der Waals surface area contributed by atoms with E-state index < -0.39 is 9.84 Å². The number of nitrogens with one attached hydrogen (secondary N) is 1.